The van der Waals surface area contributed by atoms with Crippen LogP contribution in [0.25, 0.3) is 0 Å². The van der Waals surface area contributed by atoms with E-state index >= 15 is 0 Å². The normalized spacial score (nSPS) is 19.0. The van der Waals surface area contributed by atoms with Gasteiger partial charge in [0.15, 0.2) is 0 Å². The highest BCUT2D eigenvalue weighted by atomic mass is 16.5. The summed E-state index contributed by atoms with van der Waals surface area (Å²) in [5.74, 6) is 0. The number of aliphatic hydroxyl groups excluding tert-OH is 1. The molecule has 0 spiro atoms. The van der Waals surface area contributed by atoms with Crippen molar-refractivity contribution in [1.29, 1.82) is 0 Å². The molecule has 2 rings (SSSR count). The first-order valence-electron chi connectivity index (χ1n) is 6.27. The van der Waals surface area contributed by atoms with Gasteiger partial charge in [-0.1, -0.05) is 12.1 Å². The van der Waals surface area contributed by atoms with Crippen molar-refractivity contribution in [2.45, 2.75) is 31.9 Å². The Morgan fingerprint density at radius 1 is 1.24 bits per heavy atom. The van der Waals surface area contributed by atoms with Gasteiger partial charge >= 0.3 is 0 Å². The van der Waals surface area contributed by atoms with Gasteiger partial charge in [-0.25, -0.2) is 0 Å². The smallest absolute Gasteiger partial charge is 0.0761 e. The summed E-state index contributed by atoms with van der Waals surface area (Å²) in [5, 5.41) is 9.47. The van der Waals surface area contributed by atoms with Crippen LogP contribution in [0.3, 0.4) is 0 Å². The van der Waals surface area contributed by atoms with Crippen LogP contribution in [0.5, 0.6) is 0 Å². The van der Waals surface area contributed by atoms with Crippen molar-refractivity contribution >= 4 is 5.69 Å². The molecule has 1 atom stereocenters. The summed E-state index contributed by atoms with van der Waals surface area (Å²) in [7, 11) is 2.13. The summed E-state index contributed by atoms with van der Waals surface area (Å²) in [6, 6.07) is 8.72. The second-order valence-electron chi connectivity index (χ2n) is 4.72. The Morgan fingerprint density at radius 3 is 2.35 bits per heavy atom. The molecule has 0 aliphatic carbocycles. The molecule has 1 N–H and O–H groups in total. The van der Waals surface area contributed by atoms with Crippen molar-refractivity contribution in [2.24, 2.45) is 0 Å². The SMILES string of the molecule is C[C@H](O)c1ccc(N(C)C2CCOCC2)cc1. The molecule has 1 heterocycles. The van der Waals surface area contributed by atoms with E-state index in [4.69, 9.17) is 4.74 Å². The van der Waals surface area contributed by atoms with E-state index in [-0.39, 0.29) is 0 Å². The average Bonchev–Trinajstić information content (AvgIpc) is 2.39. The van der Waals surface area contributed by atoms with Crippen LogP contribution in [0, 0.1) is 0 Å². The standard InChI is InChI=1S/C14H21NO2/c1-11(16)12-3-5-13(6-4-12)15(2)14-7-9-17-10-8-14/h3-6,11,14,16H,7-10H2,1-2H3/t11-/m0/s1. The van der Waals surface area contributed by atoms with Gasteiger partial charge in [0.2, 0.25) is 0 Å². The first-order valence-corrected chi connectivity index (χ1v) is 6.27. The number of ether oxygens (including phenoxy) is 1. The molecule has 1 aliphatic heterocycles. The lowest BCUT2D eigenvalue weighted by molar-refractivity contribution is 0.0855. The quantitative estimate of drug-likeness (QED) is 0.873. The van der Waals surface area contributed by atoms with Gasteiger partial charge in [0.05, 0.1) is 6.10 Å². The van der Waals surface area contributed by atoms with Crippen LogP contribution in [0.1, 0.15) is 31.4 Å². The van der Waals surface area contributed by atoms with Crippen molar-refractivity contribution in [3.8, 4) is 0 Å². The van der Waals surface area contributed by atoms with E-state index < -0.39 is 6.10 Å². The maximum Gasteiger partial charge on any atom is 0.0761 e. The fraction of sp³-hybridized carbons (Fsp3) is 0.571. The van der Waals surface area contributed by atoms with E-state index in [9.17, 15) is 5.11 Å². The third-order valence-electron chi connectivity index (χ3n) is 3.52. The highest BCUT2D eigenvalue weighted by molar-refractivity contribution is 5.48. The predicted octanol–water partition coefficient (Wildman–Crippen LogP) is 2.36. The molecule has 94 valence electrons. The van der Waals surface area contributed by atoms with Crippen molar-refractivity contribution in [1.82, 2.24) is 0 Å². The summed E-state index contributed by atoms with van der Waals surface area (Å²) in [4.78, 5) is 2.31. The minimum absolute atomic E-state index is 0.391. The molecule has 1 aliphatic rings. The Hall–Kier alpha value is -1.06. The van der Waals surface area contributed by atoms with Crippen molar-refractivity contribution in [3.63, 3.8) is 0 Å². The zero-order chi connectivity index (χ0) is 12.3. The molecule has 17 heavy (non-hydrogen) atoms. The molecule has 1 aromatic carbocycles. The van der Waals surface area contributed by atoms with E-state index in [0.29, 0.717) is 6.04 Å². The number of aliphatic hydroxyl groups is 1. The fourth-order valence-corrected chi connectivity index (χ4v) is 2.27. The van der Waals surface area contributed by atoms with Gasteiger partial charge in [-0.15, -0.1) is 0 Å². The largest absolute Gasteiger partial charge is 0.389 e. The molecular formula is C14H21NO2. The number of benzene rings is 1. The molecule has 0 saturated carbocycles. The van der Waals surface area contributed by atoms with E-state index in [1.807, 2.05) is 12.1 Å². The van der Waals surface area contributed by atoms with E-state index in [1.54, 1.807) is 6.92 Å². The molecular weight excluding hydrogens is 214 g/mol. The first-order chi connectivity index (χ1) is 8.18. The number of hydrogen-bond donors (Lipinski definition) is 1. The fourth-order valence-electron chi connectivity index (χ4n) is 2.27. The van der Waals surface area contributed by atoms with Crippen molar-refractivity contribution in [3.05, 3.63) is 29.8 Å². The van der Waals surface area contributed by atoms with Gasteiger partial charge in [-0.05, 0) is 37.5 Å². The molecule has 0 unspecified atom stereocenters. The summed E-state index contributed by atoms with van der Waals surface area (Å²) in [5.41, 5.74) is 2.18. The Kier molecular flexibility index (Phi) is 4.02. The number of nitrogens with zero attached hydrogens (tertiary/aromatic N) is 1. The number of hydrogen-bond acceptors (Lipinski definition) is 3. The van der Waals surface area contributed by atoms with Crippen LogP contribution in [0.15, 0.2) is 24.3 Å². The Balaban J connectivity index is 2.05. The predicted molar refractivity (Wildman–Crippen MR) is 69.3 cm³/mol. The van der Waals surface area contributed by atoms with E-state index in [0.717, 1.165) is 31.6 Å². The number of anilines is 1. The van der Waals surface area contributed by atoms with Crippen molar-refractivity contribution < 1.29 is 9.84 Å². The van der Waals surface area contributed by atoms with Crippen LogP contribution < -0.4 is 4.90 Å². The summed E-state index contributed by atoms with van der Waals surface area (Å²) in [6.45, 7) is 3.51. The summed E-state index contributed by atoms with van der Waals surface area (Å²) in [6.07, 6.45) is 1.79. The van der Waals surface area contributed by atoms with Crippen LogP contribution >= 0.6 is 0 Å². The van der Waals surface area contributed by atoms with Crippen LogP contribution in [-0.2, 0) is 4.74 Å². The molecule has 0 bridgehead atoms. The second-order valence-corrected chi connectivity index (χ2v) is 4.72. The molecule has 3 heteroatoms. The van der Waals surface area contributed by atoms with Crippen molar-refractivity contribution in [2.75, 3.05) is 25.2 Å². The molecule has 0 aromatic heterocycles. The van der Waals surface area contributed by atoms with Gasteiger partial charge in [-0.3, -0.25) is 0 Å². The molecule has 1 saturated heterocycles. The van der Waals surface area contributed by atoms with Gasteiger partial charge in [0, 0.05) is 32.0 Å². The highest BCUT2D eigenvalue weighted by Gasteiger charge is 2.18. The lowest BCUT2D eigenvalue weighted by Crippen LogP contribution is -2.36. The van der Waals surface area contributed by atoms with Crippen LogP contribution in [-0.4, -0.2) is 31.4 Å². The molecule has 0 radical (unpaired) electrons. The Bertz CT molecular complexity index is 342. The van der Waals surface area contributed by atoms with E-state index in [1.165, 1.54) is 5.69 Å². The zero-order valence-electron chi connectivity index (χ0n) is 10.6. The average molecular weight is 235 g/mol. The van der Waals surface area contributed by atoms with Gasteiger partial charge in [0.1, 0.15) is 0 Å². The summed E-state index contributed by atoms with van der Waals surface area (Å²) >= 11 is 0. The molecule has 3 nitrogen and oxygen atoms in total. The van der Waals surface area contributed by atoms with Crippen LogP contribution in [0.2, 0.25) is 0 Å². The minimum atomic E-state index is -0.391. The van der Waals surface area contributed by atoms with Gasteiger partial charge in [-0.2, -0.15) is 0 Å². The third kappa shape index (κ3) is 2.99. The van der Waals surface area contributed by atoms with Gasteiger partial charge < -0.3 is 14.7 Å². The first kappa shape index (κ1) is 12.4. The lowest BCUT2D eigenvalue weighted by atomic mass is 10.1. The van der Waals surface area contributed by atoms with Gasteiger partial charge in [0.25, 0.3) is 0 Å². The molecule has 0 amide bonds. The third-order valence-corrected chi connectivity index (χ3v) is 3.52. The molecule has 1 aromatic rings. The van der Waals surface area contributed by atoms with E-state index in [2.05, 4.69) is 24.1 Å². The maximum atomic E-state index is 9.47. The number of rotatable bonds is 3. The summed E-state index contributed by atoms with van der Waals surface area (Å²) < 4.78 is 5.38. The lowest BCUT2D eigenvalue weighted by Gasteiger charge is -2.33. The zero-order valence-corrected chi connectivity index (χ0v) is 10.6. The Morgan fingerprint density at radius 2 is 1.82 bits per heavy atom. The molecule has 1 fully saturated rings. The minimum Gasteiger partial charge on any atom is -0.389 e. The monoisotopic (exact) mass is 235 g/mol. The topological polar surface area (TPSA) is 32.7 Å². The second kappa shape index (κ2) is 5.52. The van der Waals surface area contributed by atoms with Crippen LogP contribution in [0.4, 0.5) is 5.69 Å². The maximum absolute atomic E-state index is 9.47. The Labute approximate surface area is 103 Å². The highest BCUT2D eigenvalue weighted by Crippen LogP contribution is 2.23.